The second kappa shape index (κ2) is 8.84. The number of rotatable bonds is 6. The summed E-state index contributed by atoms with van der Waals surface area (Å²) in [6.45, 7) is 2.66. The van der Waals surface area contributed by atoms with E-state index in [1.807, 2.05) is 24.3 Å². The predicted molar refractivity (Wildman–Crippen MR) is 110 cm³/mol. The minimum Gasteiger partial charge on any atom is -0.504 e. The number of nitrogens with zero attached hydrogens (tertiary/aromatic N) is 1. The standard InChI is InChI=1S/C23H28N2O4/c1-28-22-11-16(8-9-21(22)26)14-25-15-18-6-3-2-5-17(18)12-20(25)23(27)24-13-19-7-4-10-29-19/h2-3,5-6,8-9,11,19-20,26H,4,7,10,12-15H2,1H3,(H,24,27). The van der Waals surface area contributed by atoms with Crippen LogP contribution in [0.1, 0.15) is 29.5 Å². The monoisotopic (exact) mass is 396 g/mol. The molecule has 29 heavy (non-hydrogen) atoms. The molecule has 2 N–H and O–H groups in total. The Kier molecular flexibility index (Phi) is 6.02. The van der Waals surface area contributed by atoms with Gasteiger partial charge in [0.15, 0.2) is 11.5 Å². The van der Waals surface area contributed by atoms with Gasteiger partial charge in [-0.05, 0) is 48.1 Å². The van der Waals surface area contributed by atoms with Gasteiger partial charge in [-0.25, -0.2) is 0 Å². The molecule has 6 nitrogen and oxygen atoms in total. The van der Waals surface area contributed by atoms with Gasteiger partial charge in [-0.1, -0.05) is 30.3 Å². The van der Waals surface area contributed by atoms with Crippen molar-refractivity contribution in [2.24, 2.45) is 0 Å². The number of fused-ring (bicyclic) bond motifs is 1. The number of carbonyl (C=O) groups is 1. The smallest absolute Gasteiger partial charge is 0.237 e. The number of hydrogen-bond donors (Lipinski definition) is 2. The summed E-state index contributed by atoms with van der Waals surface area (Å²) in [7, 11) is 1.54. The number of ether oxygens (including phenoxy) is 2. The average molecular weight is 396 g/mol. The quantitative estimate of drug-likeness (QED) is 0.786. The fourth-order valence-corrected chi connectivity index (χ4v) is 4.19. The first-order chi connectivity index (χ1) is 14.1. The highest BCUT2D eigenvalue weighted by Gasteiger charge is 2.32. The van der Waals surface area contributed by atoms with Crippen LogP contribution in [-0.4, -0.2) is 48.3 Å². The third-order valence-corrected chi connectivity index (χ3v) is 5.81. The molecular weight excluding hydrogens is 368 g/mol. The van der Waals surface area contributed by atoms with Crippen molar-refractivity contribution in [1.29, 1.82) is 0 Å². The lowest BCUT2D eigenvalue weighted by molar-refractivity contribution is -0.127. The molecule has 2 aliphatic heterocycles. The van der Waals surface area contributed by atoms with Gasteiger partial charge in [-0.15, -0.1) is 0 Å². The summed E-state index contributed by atoms with van der Waals surface area (Å²) in [6, 6.07) is 13.4. The zero-order valence-corrected chi connectivity index (χ0v) is 16.8. The maximum atomic E-state index is 13.1. The van der Waals surface area contributed by atoms with Gasteiger partial charge in [0.2, 0.25) is 5.91 Å². The minimum atomic E-state index is -0.244. The van der Waals surface area contributed by atoms with Gasteiger partial charge in [0.25, 0.3) is 0 Å². The molecule has 0 aromatic heterocycles. The second-order valence-corrected chi connectivity index (χ2v) is 7.78. The summed E-state index contributed by atoms with van der Waals surface area (Å²) >= 11 is 0. The summed E-state index contributed by atoms with van der Waals surface area (Å²) in [6.07, 6.45) is 2.88. The second-order valence-electron chi connectivity index (χ2n) is 7.78. The van der Waals surface area contributed by atoms with Crippen LogP contribution in [0.15, 0.2) is 42.5 Å². The van der Waals surface area contributed by atoms with Crippen LogP contribution in [0.5, 0.6) is 11.5 Å². The summed E-state index contributed by atoms with van der Waals surface area (Å²) < 4.78 is 10.9. The maximum Gasteiger partial charge on any atom is 0.237 e. The Morgan fingerprint density at radius 3 is 2.86 bits per heavy atom. The Bertz CT molecular complexity index is 864. The van der Waals surface area contributed by atoms with Crippen LogP contribution in [0.2, 0.25) is 0 Å². The molecule has 2 unspecified atom stereocenters. The molecule has 154 valence electrons. The molecule has 0 aliphatic carbocycles. The molecule has 6 heteroatoms. The third kappa shape index (κ3) is 4.54. The first-order valence-corrected chi connectivity index (χ1v) is 10.2. The molecular formula is C23H28N2O4. The summed E-state index contributed by atoms with van der Waals surface area (Å²) in [4.78, 5) is 15.3. The number of nitrogens with one attached hydrogen (secondary N) is 1. The van der Waals surface area contributed by atoms with E-state index in [9.17, 15) is 9.90 Å². The molecule has 0 spiro atoms. The van der Waals surface area contributed by atoms with Crippen molar-refractivity contribution in [3.05, 3.63) is 59.2 Å². The van der Waals surface area contributed by atoms with Gasteiger partial charge in [-0.3, -0.25) is 9.69 Å². The number of methoxy groups -OCH3 is 1. The van der Waals surface area contributed by atoms with Crippen LogP contribution in [0.25, 0.3) is 0 Å². The Morgan fingerprint density at radius 2 is 2.10 bits per heavy atom. The average Bonchev–Trinajstić information content (AvgIpc) is 3.26. The predicted octanol–water partition coefficient (Wildman–Crippen LogP) is 2.62. The van der Waals surface area contributed by atoms with Crippen molar-refractivity contribution >= 4 is 5.91 Å². The van der Waals surface area contributed by atoms with Crippen LogP contribution in [0.3, 0.4) is 0 Å². The first kappa shape index (κ1) is 19.7. The van der Waals surface area contributed by atoms with E-state index >= 15 is 0 Å². The third-order valence-electron chi connectivity index (χ3n) is 5.81. The van der Waals surface area contributed by atoms with Gasteiger partial charge >= 0.3 is 0 Å². The maximum absolute atomic E-state index is 13.1. The van der Waals surface area contributed by atoms with Crippen molar-refractivity contribution in [3.8, 4) is 11.5 Å². The fraction of sp³-hybridized carbons (Fsp3) is 0.435. The topological polar surface area (TPSA) is 71.0 Å². The Labute approximate surface area is 171 Å². The Morgan fingerprint density at radius 1 is 1.28 bits per heavy atom. The van der Waals surface area contributed by atoms with Crippen molar-refractivity contribution < 1.29 is 19.4 Å². The lowest BCUT2D eigenvalue weighted by atomic mass is 9.93. The molecule has 2 aromatic rings. The molecule has 0 saturated carbocycles. The highest BCUT2D eigenvalue weighted by molar-refractivity contribution is 5.82. The van der Waals surface area contributed by atoms with Crippen molar-refractivity contribution in [2.45, 2.75) is 44.5 Å². The highest BCUT2D eigenvalue weighted by atomic mass is 16.5. The highest BCUT2D eigenvalue weighted by Crippen LogP contribution is 2.29. The lowest BCUT2D eigenvalue weighted by Crippen LogP contribution is -2.51. The van der Waals surface area contributed by atoms with Gasteiger partial charge < -0.3 is 19.9 Å². The van der Waals surface area contributed by atoms with E-state index in [0.717, 1.165) is 25.0 Å². The van der Waals surface area contributed by atoms with Crippen molar-refractivity contribution in [2.75, 3.05) is 20.3 Å². The molecule has 2 aliphatic rings. The molecule has 4 rings (SSSR count). The molecule has 1 fully saturated rings. The number of phenolic OH excluding ortho intramolecular Hbond substituents is 1. The summed E-state index contributed by atoms with van der Waals surface area (Å²) in [5.41, 5.74) is 3.47. The van der Waals surface area contributed by atoms with E-state index in [1.165, 1.54) is 18.2 Å². The minimum absolute atomic E-state index is 0.0424. The number of carbonyl (C=O) groups excluding carboxylic acids is 1. The first-order valence-electron chi connectivity index (χ1n) is 10.2. The fourth-order valence-electron chi connectivity index (χ4n) is 4.19. The SMILES string of the molecule is COc1cc(CN2Cc3ccccc3CC2C(=O)NCC2CCCO2)ccc1O. The van der Waals surface area contributed by atoms with E-state index in [-0.39, 0.29) is 23.8 Å². The zero-order chi connectivity index (χ0) is 20.2. The van der Waals surface area contributed by atoms with E-state index in [2.05, 4.69) is 22.3 Å². The van der Waals surface area contributed by atoms with Gasteiger partial charge in [0.1, 0.15) is 0 Å². The van der Waals surface area contributed by atoms with Crippen LogP contribution in [0.4, 0.5) is 0 Å². The largest absolute Gasteiger partial charge is 0.504 e. The molecule has 2 heterocycles. The van der Waals surface area contributed by atoms with Gasteiger partial charge in [-0.2, -0.15) is 0 Å². The number of aromatic hydroxyl groups is 1. The van der Waals surface area contributed by atoms with Crippen LogP contribution in [-0.2, 0) is 29.0 Å². The summed E-state index contributed by atoms with van der Waals surface area (Å²) in [5.74, 6) is 0.603. The van der Waals surface area contributed by atoms with E-state index in [4.69, 9.17) is 9.47 Å². The summed E-state index contributed by atoms with van der Waals surface area (Å²) in [5, 5.41) is 13.0. The molecule has 2 aromatic carbocycles. The van der Waals surface area contributed by atoms with Crippen molar-refractivity contribution in [1.82, 2.24) is 10.2 Å². The molecule has 0 radical (unpaired) electrons. The number of amides is 1. The Hall–Kier alpha value is -2.57. The molecule has 2 atom stereocenters. The molecule has 0 bridgehead atoms. The number of benzene rings is 2. The van der Waals surface area contributed by atoms with Crippen LogP contribution < -0.4 is 10.1 Å². The zero-order valence-electron chi connectivity index (χ0n) is 16.8. The van der Waals surface area contributed by atoms with E-state index in [0.29, 0.717) is 31.8 Å². The van der Waals surface area contributed by atoms with Gasteiger partial charge in [0, 0.05) is 26.2 Å². The molecule has 1 saturated heterocycles. The van der Waals surface area contributed by atoms with Crippen LogP contribution in [0, 0.1) is 0 Å². The van der Waals surface area contributed by atoms with E-state index in [1.54, 1.807) is 6.07 Å². The number of hydrogen-bond acceptors (Lipinski definition) is 5. The van der Waals surface area contributed by atoms with Crippen LogP contribution >= 0.6 is 0 Å². The Balaban J connectivity index is 1.52. The molecule has 1 amide bonds. The normalized spacial score (nSPS) is 21.6. The van der Waals surface area contributed by atoms with Crippen molar-refractivity contribution in [3.63, 3.8) is 0 Å². The lowest BCUT2D eigenvalue weighted by Gasteiger charge is -2.36. The van der Waals surface area contributed by atoms with Gasteiger partial charge in [0.05, 0.1) is 19.3 Å². The number of phenols is 1. The van der Waals surface area contributed by atoms with E-state index < -0.39 is 0 Å².